The summed E-state index contributed by atoms with van der Waals surface area (Å²) in [6.07, 6.45) is 1.58. The molecule has 6 heteroatoms. The Bertz CT molecular complexity index is 665. The zero-order chi connectivity index (χ0) is 15.0. The van der Waals surface area contributed by atoms with E-state index in [1.165, 1.54) is 0 Å². The molecule has 3 heterocycles. The van der Waals surface area contributed by atoms with E-state index in [0.29, 0.717) is 11.3 Å². The average molecular weight is 288 g/mol. The van der Waals surface area contributed by atoms with E-state index in [2.05, 4.69) is 22.4 Å². The van der Waals surface area contributed by atoms with Gasteiger partial charge in [0.2, 0.25) is 0 Å². The number of piperazine rings is 1. The van der Waals surface area contributed by atoms with E-state index >= 15 is 0 Å². The lowest BCUT2D eigenvalue weighted by molar-refractivity contribution is 0.0655. The zero-order valence-electron chi connectivity index (χ0n) is 12.6. The van der Waals surface area contributed by atoms with Crippen LogP contribution in [0.1, 0.15) is 42.7 Å². The van der Waals surface area contributed by atoms with Gasteiger partial charge in [0.1, 0.15) is 0 Å². The molecule has 2 aromatic heterocycles. The second kappa shape index (κ2) is 5.44. The predicted molar refractivity (Wildman–Crippen MR) is 79.3 cm³/mol. The van der Waals surface area contributed by atoms with Crippen LogP contribution in [-0.4, -0.2) is 46.6 Å². The van der Waals surface area contributed by atoms with Crippen LogP contribution in [0.5, 0.6) is 0 Å². The number of nitrogens with zero attached hydrogens (tertiary/aromatic N) is 3. The summed E-state index contributed by atoms with van der Waals surface area (Å²) < 4.78 is 5.22. The van der Waals surface area contributed by atoms with Crippen LogP contribution in [0.3, 0.4) is 0 Å². The molecule has 21 heavy (non-hydrogen) atoms. The number of amides is 1. The molecule has 0 spiro atoms. The lowest BCUT2D eigenvalue weighted by Gasteiger charge is -2.33. The van der Waals surface area contributed by atoms with Gasteiger partial charge in [0, 0.05) is 31.9 Å². The highest BCUT2D eigenvalue weighted by molar-refractivity contribution is 5.97. The third-order valence-electron chi connectivity index (χ3n) is 3.91. The standard InChI is InChI=1S/C15H20N4O2/c1-9(2)13-12-6-11(8-17-14(12)21-18-13)15(20)19-5-4-16-7-10(19)3/h6,8-10,16H,4-5,7H2,1-3H3/t10-/m1/s1. The SMILES string of the molecule is CC(C)c1noc2ncc(C(=O)N3CCNC[C@H]3C)cc12. The summed E-state index contributed by atoms with van der Waals surface area (Å²) in [6.45, 7) is 8.52. The molecule has 0 radical (unpaired) electrons. The van der Waals surface area contributed by atoms with Gasteiger partial charge in [-0.2, -0.15) is 0 Å². The number of pyridine rings is 1. The Morgan fingerprint density at radius 1 is 1.52 bits per heavy atom. The van der Waals surface area contributed by atoms with Crippen LogP contribution < -0.4 is 5.32 Å². The van der Waals surface area contributed by atoms with Gasteiger partial charge in [0.15, 0.2) is 0 Å². The van der Waals surface area contributed by atoms with Gasteiger partial charge in [-0.1, -0.05) is 19.0 Å². The highest BCUT2D eigenvalue weighted by atomic mass is 16.5. The van der Waals surface area contributed by atoms with E-state index in [1.54, 1.807) is 6.20 Å². The van der Waals surface area contributed by atoms with Crippen molar-refractivity contribution in [2.45, 2.75) is 32.7 Å². The fourth-order valence-corrected chi connectivity index (χ4v) is 2.69. The van der Waals surface area contributed by atoms with E-state index in [9.17, 15) is 4.79 Å². The van der Waals surface area contributed by atoms with Crippen LogP contribution in [0.15, 0.2) is 16.8 Å². The minimum Gasteiger partial charge on any atom is -0.336 e. The number of hydrogen-bond donors (Lipinski definition) is 1. The van der Waals surface area contributed by atoms with Gasteiger partial charge in [-0.25, -0.2) is 4.98 Å². The minimum atomic E-state index is 0.0225. The molecule has 0 bridgehead atoms. The van der Waals surface area contributed by atoms with E-state index in [-0.39, 0.29) is 17.9 Å². The molecule has 1 aliphatic heterocycles. The van der Waals surface area contributed by atoms with Gasteiger partial charge in [0.05, 0.1) is 16.6 Å². The predicted octanol–water partition coefficient (Wildman–Crippen LogP) is 1.78. The molecular weight excluding hydrogens is 268 g/mol. The third-order valence-corrected chi connectivity index (χ3v) is 3.91. The molecular formula is C15H20N4O2. The lowest BCUT2D eigenvalue weighted by atomic mass is 10.1. The molecule has 112 valence electrons. The van der Waals surface area contributed by atoms with E-state index < -0.39 is 0 Å². The number of fused-ring (bicyclic) bond motifs is 1. The van der Waals surface area contributed by atoms with Crippen molar-refractivity contribution < 1.29 is 9.32 Å². The topological polar surface area (TPSA) is 71.3 Å². The monoisotopic (exact) mass is 288 g/mol. The second-order valence-corrected chi connectivity index (χ2v) is 5.85. The van der Waals surface area contributed by atoms with Crippen molar-refractivity contribution in [3.8, 4) is 0 Å². The fourth-order valence-electron chi connectivity index (χ4n) is 2.69. The summed E-state index contributed by atoms with van der Waals surface area (Å²) in [7, 11) is 0. The molecule has 0 aromatic carbocycles. The van der Waals surface area contributed by atoms with E-state index in [4.69, 9.17) is 4.52 Å². The van der Waals surface area contributed by atoms with E-state index in [1.807, 2.05) is 24.8 Å². The normalized spacial score (nSPS) is 19.4. The molecule has 3 rings (SSSR count). The van der Waals surface area contributed by atoms with Crippen LogP contribution in [0.25, 0.3) is 11.1 Å². The smallest absolute Gasteiger partial charge is 0.257 e. The summed E-state index contributed by atoms with van der Waals surface area (Å²) in [5.74, 6) is 0.255. The Hall–Kier alpha value is -1.95. The van der Waals surface area contributed by atoms with Gasteiger partial charge in [0.25, 0.3) is 11.6 Å². The highest BCUT2D eigenvalue weighted by Gasteiger charge is 2.25. The van der Waals surface area contributed by atoms with E-state index in [0.717, 1.165) is 30.7 Å². The lowest BCUT2D eigenvalue weighted by Crippen LogP contribution is -2.52. The van der Waals surface area contributed by atoms with Crippen molar-refractivity contribution in [3.63, 3.8) is 0 Å². The minimum absolute atomic E-state index is 0.0225. The first kappa shape index (κ1) is 14.0. The van der Waals surface area contributed by atoms with Crippen molar-refractivity contribution in [2.24, 2.45) is 0 Å². The zero-order valence-corrected chi connectivity index (χ0v) is 12.6. The highest BCUT2D eigenvalue weighted by Crippen LogP contribution is 2.24. The van der Waals surface area contributed by atoms with Gasteiger partial charge >= 0.3 is 0 Å². The molecule has 0 aliphatic carbocycles. The number of nitrogens with one attached hydrogen (secondary N) is 1. The van der Waals surface area contributed by atoms with Crippen molar-refractivity contribution in [2.75, 3.05) is 19.6 Å². The number of carbonyl (C=O) groups excluding carboxylic acids is 1. The first-order valence-electron chi connectivity index (χ1n) is 7.35. The maximum atomic E-state index is 12.7. The Labute approximate surface area is 123 Å². The molecule has 0 saturated carbocycles. The maximum Gasteiger partial charge on any atom is 0.257 e. The van der Waals surface area contributed by atoms with Crippen LogP contribution in [0, 0.1) is 0 Å². The Kier molecular flexibility index (Phi) is 3.63. The van der Waals surface area contributed by atoms with Gasteiger partial charge in [-0.3, -0.25) is 4.79 Å². The van der Waals surface area contributed by atoms with Crippen molar-refractivity contribution in [1.82, 2.24) is 20.4 Å². The number of rotatable bonds is 2. The molecule has 1 fully saturated rings. The molecule has 1 N–H and O–H groups in total. The number of hydrogen-bond acceptors (Lipinski definition) is 5. The molecule has 1 amide bonds. The van der Waals surface area contributed by atoms with Gasteiger partial charge < -0.3 is 14.7 Å². The Morgan fingerprint density at radius 3 is 3.05 bits per heavy atom. The average Bonchev–Trinajstić information content (AvgIpc) is 2.90. The third kappa shape index (κ3) is 2.51. The quantitative estimate of drug-likeness (QED) is 0.912. The van der Waals surface area contributed by atoms with Crippen LogP contribution in [-0.2, 0) is 0 Å². The van der Waals surface area contributed by atoms with Crippen molar-refractivity contribution in [3.05, 3.63) is 23.5 Å². The molecule has 1 atom stereocenters. The molecule has 1 saturated heterocycles. The second-order valence-electron chi connectivity index (χ2n) is 5.85. The summed E-state index contributed by atoms with van der Waals surface area (Å²) in [5.41, 5.74) is 1.94. The van der Waals surface area contributed by atoms with Crippen LogP contribution in [0.4, 0.5) is 0 Å². The molecule has 1 aliphatic rings. The van der Waals surface area contributed by atoms with Crippen molar-refractivity contribution in [1.29, 1.82) is 0 Å². The molecule has 0 unspecified atom stereocenters. The van der Waals surface area contributed by atoms with Gasteiger partial charge in [-0.05, 0) is 18.9 Å². The summed E-state index contributed by atoms with van der Waals surface area (Å²) >= 11 is 0. The number of aromatic nitrogens is 2. The maximum absolute atomic E-state index is 12.7. The Balaban J connectivity index is 1.96. The summed E-state index contributed by atoms with van der Waals surface area (Å²) in [4.78, 5) is 18.8. The van der Waals surface area contributed by atoms with Crippen LogP contribution >= 0.6 is 0 Å². The summed E-state index contributed by atoms with van der Waals surface area (Å²) in [5, 5.41) is 8.17. The molecule has 6 nitrogen and oxygen atoms in total. The Morgan fingerprint density at radius 2 is 2.33 bits per heavy atom. The van der Waals surface area contributed by atoms with Gasteiger partial charge in [-0.15, -0.1) is 0 Å². The number of carbonyl (C=O) groups is 1. The fraction of sp³-hybridized carbons (Fsp3) is 0.533. The van der Waals surface area contributed by atoms with Crippen LogP contribution in [0.2, 0.25) is 0 Å². The summed E-state index contributed by atoms with van der Waals surface area (Å²) in [6, 6.07) is 2.04. The largest absolute Gasteiger partial charge is 0.336 e. The first-order valence-corrected chi connectivity index (χ1v) is 7.35. The van der Waals surface area contributed by atoms with Crippen molar-refractivity contribution >= 4 is 17.0 Å². The first-order chi connectivity index (χ1) is 10.1. The molecule has 2 aromatic rings.